The summed E-state index contributed by atoms with van der Waals surface area (Å²) in [5, 5.41) is 2.61. The van der Waals surface area contributed by atoms with Gasteiger partial charge in [0, 0.05) is 22.5 Å². The molecule has 1 aliphatic heterocycles. The van der Waals surface area contributed by atoms with E-state index in [-0.39, 0.29) is 22.8 Å². The number of halogens is 4. The molecule has 0 bridgehead atoms. The second kappa shape index (κ2) is 9.66. The van der Waals surface area contributed by atoms with E-state index in [1.807, 2.05) is 18.2 Å². The molecular weight excluding hydrogens is 544 g/mol. The van der Waals surface area contributed by atoms with Crippen LogP contribution in [-0.2, 0) is 16.0 Å². The van der Waals surface area contributed by atoms with E-state index < -0.39 is 23.0 Å². The summed E-state index contributed by atoms with van der Waals surface area (Å²) in [5.74, 6) is -1.31. The fourth-order valence-electron chi connectivity index (χ4n) is 3.33. The number of hydrogen-bond donors (Lipinski definition) is 2. The molecule has 11 heteroatoms. The Kier molecular flexibility index (Phi) is 7.09. The molecule has 0 radical (unpaired) electrons. The lowest BCUT2D eigenvalue weighted by atomic mass is 10.1. The van der Waals surface area contributed by atoms with Crippen LogP contribution >= 0.6 is 38.9 Å². The van der Waals surface area contributed by atoms with Crippen molar-refractivity contribution in [2.24, 2.45) is 0 Å². The second-order valence-electron chi connectivity index (χ2n) is 7.17. The second-order valence-corrected chi connectivity index (χ2v) is 10.9. The zero-order chi connectivity index (χ0) is 23.0. The summed E-state index contributed by atoms with van der Waals surface area (Å²) < 4.78 is 44.8. The molecule has 1 fully saturated rings. The molecule has 4 rings (SSSR count). The molecule has 5 nitrogen and oxygen atoms in total. The molecule has 1 aromatic heterocycles. The lowest BCUT2D eigenvalue weighted by Gasteiger charge is -2.35. The van der Waals surface area contributed by atoms with Gasteiger partial charge in [-0.1, -0.05) is 17.7 Å². The van der Waals surface area contributed by atoms with Gasteiger partial charge in [0.25, 0.3) is 0 Å². The first-order chi connectivity index (χ1) is 15.2. The van der Waals surface area contributed by atoms with Crippen molar-refractivity contribution in [2.45, 2.75) is 18.5 Å². The Labute approximate surface area is 203 Å². The third kappa shape index (κ3) is 4.95. The minimum Gasteiger partial charge on any atom is -0.325 e. The average Bonchev–Trinajstić information content (AvgIpc) is 3.25. The van der Waals surface area contributed by atoms with Gasteiger partial charge in [0.15, 0.2) is 11.2 Å². The molecule has 0 saturated carbocycles. The standard InChI is InChI=1S/C21H17BrClF2N3O2S2/c1-28-18(21(29)26-12-3-5-15(24)14(23)9-12)10-17(27-32(28)30)20-7-6-19(31-20)11-2-4-13(22)16(25)8-11/h2-9,17-18,27H,10H2,1H3,(H,26,29). The minimum absolute atomic E-state index is 0.0987. The van der Waals surface area contributed by atoms with E-state index >= 15 is 0 Å². The van der Waals surface area contributed by atoms with Crippen LogP contribution in [0.15, 0.2) is 53.0 Å². The first-order valence-corrected chi connectivity index (χ1v) is 12.5. The maximum atomic E-state index is 13.9. The van der Waals surface area contributed by atoms with E-state index in [0.29, 0.717) is 16.6 Å². The van der Waals surface area contributed by atoms with E-state index in [4.69, 9.17) is 11.6 Å². The molecule has 168 valence electrons. The van der Waals surface area contributed by atoms with Crippen molar-refractivity contribution in [3.05, 3.63) is 74.5 Å². The lowest BCUT2D eigenvalue weighted by Crippen LogP contribution is -2.52. The number of benzene rings is 2. The molecule has 32 heavy (non-hydrogen) atoms. The van der Waals surface area contributed by atoms with Crippen molar-refractivity contribution in [3.63, 3.8) is 0 Å². The van der Waals surface area contributed by atoms with E-state index in [9.17, 15) is 17.8 Å². The van der Waals surface area contributed by atoms with Gasteiger partial charge in [-0.3, -0.25) is 4.79 Å². The predicted octanol–water partition coefficient (Wildman–Crippen LogP) is 5.66. The Hall–Kier alpha value is -1.69. The number of thiophene rings is 1. The predicted molar refractivity (Wildman–Crippen MR) is 128 cm³/mol. The topological polar surface area (TPSA) is 61.4 Å². The molecule has 3 atom stereocenters. The number of amides is 1. The number of nitrogens with zero attached hydrogens (tertiary/aromatic N) is 1. The molecule has 3 aromatic rings. The van der Waals surface area contributed by atoms with Crippen LogP contribution in [0.25, 0.3) is 10.4 Å². The summed E-state index contributed by atoms with van der Waals surface area (Å²) in [7, 11) is 1.59. The third-order valence-corrected chi connectivity index (χ3v) is 8.51. The summed E-state index contributed by atoms with van der Waals surface area (Å²) in [4.78, 5) is 14.6. The van der Waals surface area contributed by atoms with E-state index in [1.165, 1.54) is 39.9 Å². The lowest BCUT2D eigenvalue weighted by molar-refractivity contribution is -0.120. The van der Waals surface area contributed by atoms with Gasteiger partial charge in [0.1, 0.15) is 17.7 Å². The molecule has 3 unspecified atom stereocenters. The highest BCUT2D eigenvalue weighted by molar-refractivity contribution is 9.10. The molecule has 1 aliphatic rings. The number of rotatable bonds is 4. The maximum Gasteiger partial charge on any atom is 0.242 e. The molecule has 2 aromatic carbocycles. The van der Waals surface area contributed by atoms with Gasteiger partial charge in [0.2, 0.25) is 5.91 Å². The van der Waals surface area contributed by atoms with Crippen LogP contribution in [0.1, 0.15) is 17.3 Å². The van der Waals surface area contributed by atoms with E-state index in [2.05, 4.69) is 26.0 Å². The van der Waals surface area contributed by atoms with Crippen LogP contribution < -0.4 is 10.0 Å². The number of likely N-dealkylation sites (N-methyl/N-ethyl adjacent to an activating group) is 1. The average molecular weight is 561 g/mol. The maximum absolute atomic E-state index is 13.9. The largest absolute Gasteiger partial charge is 0.325 e. The third-order valence-electron chi connectivity index (χ3n) is 5.07. The van der Waals surface area contributed by atoms with Gasteiger partial charge in [-0.05, 0) is 70.4 Å². The summed E-state index contributed by atoms with van der Waals surface area (Å²) in [6, 6.07) is 11.6. The van der Waals surface area contributed by atoms with Crippen LogP contribution in [0.3, 0.4) is 0 Å². The summed E-state index contributed by atoms with van der Waals surface area (Å²) >= 11 is 8.78. The van der Waals surface area contributed by atoms with Crippen molar-refractivity contribution in [1.29, 1.82) is 0 Å². The van der Waals surface area contributed by atoms with Crippen LogP contribution in [0.5, 0.6) is 0 Å². The molecule has 2 heterocycles. The monoisotopic (exact) mass is 559 g/mol. The van der Waals surface area contributed by atoms with Crippen LogP contribution in [0.4, 0.5) is 14.5 Å². The Morgan fingerprint density at radius 1 is 1.22 bits per heavy atom. The summed E-state index contributed by atoms with van der Waals surface area (Å²) in [6.07, 6.45) is 0.359. The van der Waals surface area contributed by atoms with Crippen LogP contribution in [0.2, 0.25) is 5.02 Å². The van der Waals surface area contributed by atoms with E-state index in [0.717, 1.165) is 15.3 Å². The highest BCUT2D eigenvalue weighted by Gasteiger charge is 2.37. The summed E-state index contributed by atoms with van der Waals surface area (Å²) in [6.45, 7) is 0. The molecule has 1 amide bonds. The number of anilines is 1. The van der Waals surface area contributed by atoms with Gasteiger partial charge >= 0.3 is 0 Å². The first-order valence-electron chi connectivity index (χ1n) is 9.45. The SMILES string of the molecule is CN1C(C(=O)Nc2ccc(F)c(Cl)c2)CC(c2ccc(-c3ccc(Br)c(F)c3)s2)NS1=O. The Morgan fingerprint density at radius 3 is 2.72 bits per heavy atom. The zero-order valence-corrected chi connectivity index (χ0v) is 20.5. The van der Waals surface area contributed by atoms with Crippen molar-refractivity contribution >= 4 is 61.6 Å². The van der Waals surface area contributed by atoms with Gasteiger partial charge in [0.05, 0.1) is 15.5 Å². The molecule has 2 N–H and O–H groups in total. The Bertz CT molecular complexity index is 1210. The first kappa shape index (κ1) is 23.5. The smallest absolute Gasteiger partial charge is 0.242 e. The Morgan fingerprint density at radius 2 is 2.00 bits per heavy atom. The molecule has 0 spiro atoms. The number of carbonyl (C=O) groups is 1. The van der Waals surface area contributed by atoms with Crippen molar-refractivity contribution in [2.75, 3.05) is 12.4 Å². The van der Waals surface area contributed by atoms with Gasteiger partial charge in [-0.2, -0.15) is 0 Å². The fourth-order valence-corrected chi connectivity index (χ4v) is 5.95. The highest BCUT2D eigenvalue weighted by atomic mass is 79.9. The quantitative estimate of drug-likeness (QED) is 0.433. The number of hydrogen-bond acceptors (Lipinski definition) is 3. The number of nitrogens with one attached hydrogen (secondary N) is 2. The number of carbonyl (C=O) groups excluding carboxylic acids is 1. The van der Waals surface area contributed by atoms with Gasteiger partial charge in [-0.15, -0.1) is 11.3 Å². The molecular formula is C21H17BrClF2N3O2S2. The minimum atomic E-state index is -1.60. The zero-order valence-electron chi connectivity index (χ0n) is 16.6. The van der Waals surface area contributed by atoms with E-state index in [1.54, 1.807) is 13.1 Å². The van der Waals surface area contributed by atoms with Crippen molar-refractivity contribution in [1.82, 2.24) is 9.03 Å². The molecule has 1 saturated heterocycles. The molecule has 0 aliphatic carbocycles. The normalized spacial score (nSPS) is 21.5. The van der Waals surface area contributed by atoms with Gasteiger partial charge < -0.3 is 5.32 Å². The summed E-state index contributed by atoms with van der Waals surface area (Å²) in [5.41, 5.74) is 1.09. The van der Waals surface area contributed by atoms with Crippen molar-refractivity contribution < 1.29 is 17.8 Å². The Balaban J connectivity index is 1.53. The highest BCUT2D eigenvalue weighted by Crippen LogP contribution is 2.36. The van der Waals surface area contributed by atoms with Gasteiger partial charge in [-0.25, -0.2) is 22.0 Å². The van der Waals surface area contributed by atoms with Crippen LogP contribution in [0, 0.1) is 11.6 Å². The van der Waals surface area contributed by atoms with Crippen molar-refractivity contribution in [3.8, 4) is 10.4 Å². The van der Waals surface area contributed by atoms with Crippen LogP contribution in [-0.4, -0.2) is 27.5 Å². The fraction of sp³-hybridized carbons (Fsp3) is 0.190.